The predicted molar refractivity (Wildman–Crippen MR) is 82.8 cm³/mol. The monoisotopic (exact) mass is 298 g/mol. The smallest absolute Gasteiger partial charge is 0.178 e. The Kier molecular flexibility index (Phi) is 5.58. The number of ketones is 2. The fraction of sp³-hybridized carbons (Fsp3) is 0.222. The van der Waals surface area contributed by atoms with Crippen molar-refractivity contribution in [3.63, 3.8) is 0 Å². The lowest BCUT2D eigenvalue weighted by molar-refractivity contribution is -0.117. The Morgan fingerprint density at radius 3 is 1.41 bits per heavy atom. The van der Waals surface area contributed by atoms with E-state index in [0.29, 0.717) is 11.1 Å². The summed E-state index contributed by atoms with van der Waals surface area (Å²) in [5.74, 6) is -1.67. The number of ether oxygens (including phenoxy) is 2. The van der Waals surface area contributed by atoms with Gasteiger partial charge in [-0.05, 0) is 0 Å². The van der Waals surface area contributed by atoms with Crippen molar-refractivity contribution < 1.29 is 19.1 Å². The van der Waals surface area contributed by atoms with E-state index in [0.717, 1.165) is 0 Å². The molecule has 0 aliphatic heterocycles. The van der Waals surface area contributed by atoms with E-state index in [9.17, 15) is 9.59 Å². The van der Waals surface area contributed by atoms with Gasteiger partial charge in [-0.25, -0.2) is 0 Å². The molecule has 0 bridgehead atoms. The van der Waals surface area contributed by atoms with Crippen molar-refractivity contribution in [3.05, 3.63) is 71.8 Å². The molecule has 2 aromatic carbocycles. The van der Waals surface area contributed by atoms with Crippen molar-refractivity contribution in [1.29, 1.82) is 0 Å². The second-order valence-electron chi connectivity index (χ2n) is 4.78. The number of methoxy groups -OCH3 is 2. The minimum atomic E-state index is -1.04. The molecule has 0 amide bonds. The zero-order chi connectivity index (χ0) is 15.9. The van der Waals surface area contributed by atoms with Crippen LogP contribution in [0.3, 0.4) is 0 Å². The van der Waals surface area contributed by atoms with Gasteiger partial charge in [0.05, 0.1) is 0 Å². The van der Waals surface area contributed by atoms with Gasteiger partial charge >= 0.3 is 0 Å². The Balaban J connectivity index is 2.39. The molecule has 0 radical (unpaired) electrons. The number of Topliss-reactive ketones (excluding diaryl/α,β-unsaturated/α-hetero) is 2. The van der Waals surface area contributed by atoms with Gasteiger partial charge in [0.15, 0.2) is 17.9 Å². The second-order valence-corrected chi connectivity index (χ2v) is 4.78. The molecule has 22 heavy (non-hydrogen) atoms. The molecule has 0 aliphatic carbocycles. The molecule has 0 unspecified atom stereocenters. The van der Waals surface area contributed by atoms with Crippen LogP contribution >= 0.6 is 0 Å². The van der Waals surface area contributed by atoms with Crippen molar-refractivity contribution in [3.8, 4) is 0 Å². The van der Waals surface area contributed by atoms with E-state index in [4.69, 9.17) is 9.47 Å². The molecule has 114 valence electrons. The topological polar surface area (TPSA) is 52.6 Å². The summed E-state index contributed by atoms with van der Waals surface area (Å²) in [7, 11) is 2.83. The summed E-state index contributed by atoms with van der Waals surface area (Å²) >= 11 is 0. The van der Waals surface area contributed by atoms with Gasteiger partial charge in [-0.2, -0.15) is 0 Å². The highest BCUT2D eigenvalue weighted by atomic mass is 16.7. The average molecular weight is 298 g/mol. The quantitative estimate of drug-likeness (QED) is 0.448. The number of benzene rings is 2. The molecular formula is C18H18O4. The highest BCUT2D eigenvalue weighted by Gasteiger charge is 2.36. The minimum Gasteiger partial charge on any atom is -0.355 e. The summed E-state index contributed by atoms with van der Waals surface area (Å²) < 4.78 is 10.4. The van der Waals surface area contributed by atoms with E-state index in [1.54, 1.807) is 48.5 Å². The first-order valence-corrected chi connectivity index (χ1v) is 6.93. The van der Waals surface area contributed by atoms with Gasteiger partial charge in [-0.3, -0.25) is 9.59 Å². The lowest BCUT2D eigenvalue weighted by Crippen LogP contribution is -2.37. The molecule has 4 nitrogen and oxygen atoms in total. The lowest BCUT2D eigenvalue weighted by atomic mass is 9.89. The maximum atomic E-state index is 12.7. The average Bonchev–Trinajstić information content (AvgIpc) is 2.60. The molecule has 0 aromatic heterocycles. The standard InChI is InChI=1S/C18H18O4/c1-21-18(22-2)15(16(19)13-9-5-3-6-10-13)17(20)14-11-7-4-8-12-14/h3-12,15,18H,1-2H3. The fourth-order valence-electron chi connectivity index (χ4n) is 2.30. The third-order valence-electron chi connectivity index (χ3n) is 3.42. The Hall–Kier alpha value is -2.30. The SMILES string of the molecule is COC(OC)C(C(=O)c1ccccc1)C(=O)c1ccccc1. The molecule has 0 N–H and O–H groups in total. The molecule has 0 atom stereocenters. The van der Waals surface area contributed by atoms with E-state index in [1.807, 2.05) is 12.1 Å². The van der Waals surface area contributed by atoms with Crippen LogP contribution < -0.4 is 0 Å². The first-order chi connectivity index (χ1) is 10.7. The zero-order valence-electron chi connectivity index (χ0n) is 12.6. The molecule has 2 aromatic rings. The van der Waals surface area contributed by atoms with Gasteiger partial charge in [0.25, 0.3) is 0 Å². The normalized spacial score (nSPS) is 10.9. The zero-order valence-corrected chi connectivity index (χ0v) is 12.6. The molecule has 0 spiro atoms. The minimum absolute atomic E-state index is 0.317. The van der Waals surface area contributed by atoms with Crippen LogP contribution in [0, 0.1) is 5.92 Å². The van der Waals surface area contributed by atoms with Crippen LogP contribution in [0.1, 0.15) is 20.7 Å². The van der Waals surface area contributed by atoms with Crippen LogP contribution in [0.2, 0.25) is 0 Å². The second kappa shape index (κ2) is 7.64. The van der Waals surface area contributed by atoms with E-state index in [1.165, 1.54) is 14.2 Å². The van der Waals surface area contributed by atoms with Crippen LogP contribution in [-0.4, -0.2) is 32.1 Å². The Morgan fingerprint density at radius 1 is 0.727 bits per heavy atom. The van der Waals surface area contributed by atoms with Gasteiger partial charge in [0, 0.05) is 25.3 Å². The van der Waals surface area contributed by atoms with E-state index in [-0.39, 0.29) is 11.6 Å². The largest absolute Gasteiger partial charge is 0.355 e. The highest BCUT2D eigenvalue weighted by Crippen LogP contribution is 2.21. The Labute approximate surface area is 129 Å². The number of hydrogen-bond donors (Lipinski definition) is 0. The van der Waals surface area contributed by atoms with E-state index in [2.05, 4.69) is 0 Å². The molecule has 0 aliphatic rings. The van der Waals surface area contributed by atoms with Crippen LogP contribution in [0.4, 0.5) is 0 Å². The Morgan fingerprint density at radius 2 is 1.09 bits per heavy atom. The lowest BCUT2D eigenvalue weighted by Gasteiger charge is -2.22. The third-order valence-corrected chi connectivity index (χ3v) is 3.42. The van der Waals surface area contributed by atoms with Gasteiger partial charge in [-0.15, -0.1) is 0 Å². The third kappa shape index (κ3) is 3.47. The van der Waals surface area contributed by atoms with E-state index < -0.39 is 12.2 Å². The van der Waals surface area contributed by atoms with Crippen molar-refractivity contribution in [2.75, 3.05) is 14.2 Å². The van der Waals surface area contributed by atoms with Gasteiger partial charge < -0.3 is 9.47 Å². The maximum absolute atomic E-state index is 12.7. The summed E-state index contributed by atoms with van der Waals surface area (Å²) in [4.78, 5) is 25.5. The highest BCUT2D eigenvalue weighted by molar-refractivity contribution is 6.16. The van der Waals surface area contributed by atoms with Crippen molar-refractivity contribution in [2.45, 2.75) is 6.29 Å². The van der Waals surface area contributed by atoms with Crippen molar-refractivity contribution in [2.24, 2.45) is 5.92 Å². The molecule has 0 saturated heterocycles. The molecule has 0 fully saturated rings. The van der Waals surface area contributed by atoms with Crippen LogP contribution in [-0.2, 0) is 9.47 Å². The number of carbonyl (C=O) groups excluding carboxylic acids is 2. The van der Waals surface area contributed by atoms with Gasteiger partial charge in [0.2, 0.25) is 0 Å². The van der Waals surface area contributed by atoms with Crippen LogP contribution in [0.5, 0.6) is 0 Å². The number of rotatable bonds is 7. The summed E-state index contributed by atoms with van der Waals surface area (Å²) in [6.07, 6.45) is -0.930. The van der Waals surface area contributed by atoms with Gasteiger partial charge in [-0.1, -0.05) is 60.7 Å². The fourth-order valence-corrected chi connectivity index (χ4v) is 2.30. The number of carbonyl (C=O) groups is 2. The molecule has 0 saturated carbocycles. The van der Waals surface area contributed by atoms with Gasteiger partial charge in [0.1, 0.15) is 5.92 Å². The molecule has 0 heterocycles. The van der Waals surface area contributed by atoms with E-state index >= 15 is 0 Å². The molecule has 2 rings (SSSR count). The van der Waals surface area contributed by atoms with Crippen molar-refractivity contribution in [1.82, 2.24) is 0 Å². The summed E-state index contributed by atoms with van der Waals surface area (Å²) in [5.41, 5.74) is 0.909. The molecule has 4 heteroatoms. The van der Waals surface area contributed by atoms with Crippen LogP contribution in [0.15, 0.2) is 60.7 Å². The first kappa shape index (κ1) is 16.1. The Bertz CT molecular complexity index is 567. The number of hydrogen-bond acceptors (Lipinski definition) is 4. The molecular weight excluding hydrogens is 280 g/mol. The summed E-state index contributed by atoms with van der Waals surface area (Å²) in [6.45, 7) is 0. The van der Waals surface area contributed by atoms with Crippen molar-refractivity contribution >= 4 is 11.6 Å². The maximum Gasteiger partial charge on any atom is 0.178 e. The summed E-state index contributed by atoms with van der Waals surface area (Å²) in [5, 5.41) is 0. The first-order valence-electron chi connectivity index (χ1n) is 6.93. The summed E-state index contributed by atoms with van der Waals surface area (Å²) in [6, 6.07) is 17.4. The van der Waals surface area contributed by atoms with Crippen LogP contribution in [0.25, 0.3) is 0 Å². The predicted octanol–water partition coefficient (Wildman–Crippen LogP) is 2.99.